The number of nitrogens with zero attached hydrogens (tertiary/aromatic N) is 4. The van der Waals surface area contributed by atoms with Crippen molar-refractivity contribution in [3.8, 4) is 5.75 Å². The van der Waals surface area contributed by atoms with Crippen LogP contribution >= 0.6 is 11.8 Å². The van der Waals surface area contributed by atoms with E-state index in [9.17, 15) is 14.7 Å². The average Bonchev–Trinajstić information content (AvgIpc) is 2.68. The lowest BCUT2D eigenvalue weighted by Gasteiger charge is -2.38. The van der Waals surface area contributed by atoms with Gasteiger partial charge in [-0.25, -0.2) is 4.98 Å². The zero-order valence-electron chi connectivity index (χ0n) is 14.2. The third-order valence-corrected chi connectivity index (χ3v) is 6.03. The van der Waals surface area contributed by atoms with E-state index in [0.717, 1.165) is 5.69 Å². The maximum atomic E-state index is 12.9. The van der Waals surface area contributed by atoms with Crippen molar-refractivity contribution in [1.29, 1.82) is 0 Å². The van der Waals surface area contributed by atoms with E-state index in [1.165, 1.54) is 24.0 Å². The first-order valence-corrected chi connectivity index (χ1v) is 9.62. The molecule has 8 heteroatoms. The highest BCUT2D eigenvalue weighted by Crippen LogP contribution is 2.29. The molecule has 26 heavy (non-hydrogen) atoms. The first-order valence-electron chi connectivity index (χ1n) is 8.64. The summed E-state index contributed by atoms with van der Waals surface area (Å²) in [7, 11) is 0. The van der Waals surface area contributed by atoms with Gasteiger partial charge in [0.05, 0.1) is 11.6 Å². The maximum absolute atomic E-state index is 12.9. The summed E-state index contributed by atoms with van der Waals surface area (Å²) in [5.41, 5.74) is 0.698. The number of carbonyl (C=O) groups is 1. The summed E-state index contributed by atoms with van der Waals surface area (Å²) < 4.78 is 1.59. The number of para-hydroxylation sites is 2. The van der Waals surface area contributed by atoms with Crippen LogP contribution in [-0.4, -0.2) is 57.4 Å². The van der Waals surface area contributed by atoms with Gasteiger partial charge in [-0.2, -0.15) is 0 Å². The predicted octanol–water partition coefficient (Wildman–Crippen LogP) is 1.02. The largest absolute Gasteiger partial charge is 0.506 e. The van der Waals surface area contributed by atoms with Crippen molar-refractivity contribution in [3.05, 3.63) is 46.9 Å². The fourth-order valence-corrected chi connectivity index (χ4v) is 4.51. The minimum atomic E-state index is -0.203. The minimum Gasteiger partial charge on any atom is -0.506 e. The summed E-state index contributed by atoms with van der Waals surface area (Å²) in [5.74, 6) is 0.802. The number of thioether (sulfide) groups is 1. The van der Waals surface area contributed by atoms with E-state index in [1.54, 1.807) is 16.7 Å². The van der Waals surface area contributed by atoms with Crippen LogP contribution in [0.2, 0.25) is 0 Å². The molecular formula is C18H20N4O3S. The smallest absolute Gasteiger partial charge is 0.254 e. The van der Waals surface area contributed by atoms with Crippen molar-refractivity contribution in [2.24, 2.45) is 5.92 Å². The third kappa shape index (κ3) is 3.16. The monoisotopic (exact) mass is 372 g/mol. The van der Waals surface area contributed by atoms with Crippen LogP contribution in [0.4, 0.5) is 5.69 Å². The molecular weight excluding hydrogens is 352 g/mol. The van der Waals surface area contributed by atoms with Gasteiger partial charge in [-0.05, 0) is 12.1 Å². The Morgan fingerprint density at radius 2 is 1.92 bits per heavy atom. The Hall–Kier alpha value is -2.48. The topological polar surface area (TPSA) is 78.7 Å². The van der Waals surface area contributed by atoms with Crippen LogP contribution in [0.15, 0.2) is 46.5 Å². The molecule has 0 bridgehead atoms. The summed E-state index contributed by atoms with van der Waals surface area (Å²) in [5, 5.41) is 10.7. The number of phenolic OH excluding ortho intramolecular Hbond substituents is 1. The number of aromatic nitrogens is 2. The van der Waals surface area contributed by atoms with Crippen LogP contribution in [0.25, 0.3) is 0 Å². The lowest BCUT2D eigenvalue weighted by atomic mass is 10.1. The molecule has 0 aliphatic carbocycles. The zero-order valence-corrected chi connectivity index (χ0v) is 15.1. The van der Waals surface area contributed by atoms with Crippen molar-refractivity contribution >= 4 is 23.4 Å². The number of benzene rings is 1. The summed E-state index contributed by atoms with van der Waals surface area (Å²) >= 11 is 1.46. The number of piperazine rings is 1. The van der Waals surface area contributed by atoms with Crippen LogP contribution in [0, 0.1) is 5.92 Å². The molecule has 136 valence electrons. The van der Waals surface area contributed by atoms with E-state index in [1.807, 2.05) is 17.0 Å². The summed E-state index contributed by atoms with van der Waals surface area (Å²) in [6.07, 6.45) is 1.52. The molecule has 1 aromatic heterocycles. The summed E-state index contributed by atoms with van der Waals surface area (Å²) in [6, 6.07) is 8.70. The second-order valence-electron chi connectivity index (χ2n) is 6.49. The second-order valence-corrected chi connectivity index (χ2v) is 7.47. The molecule has 7 nitrogen and oxygen atoms in total. The normalized spacial score (nSPS) is 19.9. The van der Waals surface area contributed by atoms with Gasteiger partial charge in [0.1, 0.15) is 5.75 Å². The van der Waals surface area contributed by atoms with Gasteiger partial charge in [0.15, 0.2) is 5.16 Å². The van der Waals surface area contributed by atoms with Crippen LogP contribution in [0.5, 0.6) is 5.75 Å². The standard InChI is InChI=1S/C18H20N4O3S/c23-15-4-2-1-3-14(15)20-7-9-21(10-8-20)17(25)13-11-22-16(24)5-6-19-18(22)26-12-13/h1-6,13,23H,7-12H2. The first kappa shape index (κ1) is 17.0. The number of anilines is 1. The van der Waals surface area contributed by atoms with Gasteiger partial charge in [-0.15, -0.1) is 0 Å². The van der Waals surface area contributed by atoms with Crippen LogP contribution in [-0.2, 0) is 11.3 Å². The zero-order chi connectivity index (χ0) is 18.1. The van der Waals surface area contributed by atoms with Crippen LogP contribution in [0.1, 0.15) is 0 Å². The van der Waals surface area contributed by atoms with E-state index >= 15 is 0 Å². The van der Waals surface area contributed by atoms with Crippen molar-refractivity contribution in [2.45, 2.75) is 11.7 Å². The van der Waals surface area contributed by atoms with Gasteiger partial charge < -0.3 is 14.9 Å². The molecule has 1 fully saturated rings. The molecule has 2 aliphatic heterocycles. The number of aromatic hydroxyl groups is 1. The van der Waals surface area contributed by atoms with E-state index in [-0.39, 0.29) is 23.1 Å². The number of carbonyl (C=O) groups excluding carboxylic acids is 1. The predicted molar refractivity (Wildman–Crippen MR) is 99.6 cm³/mol. The van der Waals surface area contributed by atoms with Gasteiger partial charge in [0, 0.05) is 50.7 Å². The molecule has 0 spiro atoms. The Labute approximate surface area is 155 Å². The molecule has 2 aliphatic rings. The first-order chi connectivity index (χ1) is 12.6. The van der Waals surface area contributed by atoms with Crippen LogP contribution in [0.3, 0.4) is 0 Å². The Morgan fingerprint density at radius 3 is 2.69 bits per heavy atom. The quantitative estimate of drug-likeness (QED) is 0.793. The van der Waals surface area contributed by atoms with E-state index in [0.29, 0.717) is 43.6 Å². The summed E-state index contributed by atoms with van der Waals surface area (Å²) in [4.78, 5) is 33.1. The number of rotatable bonds is 2. The van der Waals surface area contributed by atoms with Gasteiger partial charge in [0.2, 0.25) is 5.91 Å². The molecule has 1 aromatic carbocycles. The highest BCUT2D eigenvalue weighted by atomic mass is 32.2. The molecule has 0 saturated carbocycles. The molecule has 1 unspecified atom stereocenters. The van der Waals surface area contributed by atoms with E-state index in [2.05, 4.69) is 9.88 Å². The van der Waals surface area contributed by atoms with Crippen molar-refractivity contribution in [1.82, 2.24) is 14.5 Å². The number of fused-ring (bicyclic) bond motifs is 1. The molecule has 1 N–H and O–H groups in total. The molecule has 1 saturated heterocycles. The van der Waals surface area contributed by atoms with E-state index in [4.69, 9.17) is 0 Å². The van der Waals surface area contributed by atoms with Gasteiger partial charge >= 0.3 is 0 Å². The fourth-order valence-electron chi connectivity index (χ4n) is 3.46. The minimum absolute atomic E-state index is 0.0934. The number of amides is 1. The van der Waals surface area contributed by atoms with Crippen molar-refractivity contribution in [3.63, 3.8) is 0 Å². The van der Waals surface area contributed by atoms with Gasteiger partial charge in [0.25, 0.3) is 5.56 Å². The van der Waals surface area contributed by atoms with Crippen molar-refractivity contribution in [2.75, 3.05) is 36.8 Å². The average molecular weight is 372 g/mol. The number of hydrogen-bond donors (Lipinski definition) is 1. The van der Waals surface area contributed by atoms with Crippen molar-refractivity contribution < 1.29 is 9.90 Å². The molecule has 1 amide bonds. The SMILES string of the molecule is O=C(C1CSc2nccc(=O)n2C1)N1CCN(c2ccccc2O)CC1. The Bertz CT molecular complexity index is 877. The second kappa shape index (κ2) is 7.03. The fraction of sp³-hybridized carbons (Fsp3) is 0.389. The number of hydrogen-bond acceptors (Lipinski definition) is 6. The molecule has 2 aromatic rings. The summed E-state index contributed by atoms with van der Waals surface area (Å²) in [6.45, 7) is 2.99. The molecule has 3 heterocycles. The molecule has 1 atom stereocenters. The lowest BCUT2D eigenvalue weighted by molar-refractivity contribution is -0.135. The Kier molecular flexibility index (Phi) is 4.58. The highest BCUT2D eigenvalue weighted by molar-refractivity contribution is 7.99. The maximum Gasteiger partial charge on any atom is 0.254 e. The van der Waals surface area contributed by atoms with E-state index < -0.39 is 0 Å². The number of phenols is 1. The van der Waals surface area contributed by atoms with Gasteiger partial charge in [-0.3, -0.25) is 14.2 Å². The molecule has 4 rings (SSSR count). The molecule has 0 radical (unpaired) electrons. The lowest BCUT2D eigenvalue weighted by Crippen LogP contribution is -2.52. The van der Waals surface area contributed by atoms with Crippen LogP contribution < -0.4 is 10.5 Å². The van der Waals surface area contributed by atoms with Gasteiger partial charge in [-0.1, -0.05) is 23.9 Å². The Morgan fingerprint density at radius 1 is 1.15 bits per heavy atom. The third-order valence-electron chi connectivity index (χ3n) is 4.88. The highest BCUT2D eigenvalue weighted by Gasteiger charge is 2.31. The Balaban J connectivity index is 1.41.